The molecular weight excluding hydrogens is 226 g/mol. The summed E-state index contributed by atoms with van der Waals surface area (Å²) in [5.74, 6) is 0. The lowest BCUT2D eigenvalue weighted by molar-refractivity contribution is -0.0889. The molecule has 3 atom stereocenters. The molecule has 1 saturated heterocycles. The Morgan fingerprint density at radius 2 is 2.11 bits per heavy atom. The van der Waals surface area contributed by atoms with Gasteiger partial charge in [-0.2, -0.15) is 5.26 Å². The van der Waals surface area contributed by atoms with E-state index in [1.807, 2.05) is 0 Å². The van der Waals surface area contributed by atoms with E-state index in [1.54, 1.807) is 0 Å². The average Bonchev–Trinajstić information content (AvgIpc) is 3.22. The number of fused-ring (bicyclic) bond motifs is 1. The van der Waals surface area contributed by atoms with Gasteiger partial charge in [-0.1, -0.05) is 12.8 Å². The Morgan fingerprint density at radius 3 is 2.89 bits per heavy atom. The Labute approximate surface area is 109 Å². The van der Waals surface area contributed by atoms with E-state index in [0.717, 1.165) is 19.7 Å². The van der Waals surface area contributed by atoms with Gasteiger partial charge < -0.3 is 4.74 Å². The van der Waals surface area contributed by atoms with Gasteiger partial charge in [-0.25, -0.2) is 0 Å². The van der Waals surface area contributed by atoms with Gasteiger partial charge in [-0.05, 0) is 25.7 Å². The Bertz CT molecular complexity index is 321. The van der Waals surface area contributed by atoms with Gasteiger partial charge in [0.2, 0.25) is 0 Å². The smallest absolute Gasteiger partial charge is 0.108 e. The average molecular weight is 249 g/mol. The molecule has 2 saturated carbocycles. The van der Waals surface area contributed by atoms with E-state index in [4.69, 9.17) is 4.74 Å². The van der Waals surface area contributed by atoms with Gasteiger partial charge in [0.25, 0.3) is 0 Å². The van der Waals surface area contributed by atoms with Gasteiger partial charge >= 0.3 is 0 Å². The van der Waals surface area contributed by atoms with Gasteiger partial charge in [0.1, 0.15) is 6.04 Å². The van der Waals surface area contributed by atoms with E-state index in [9.17, 15) is 5.26 Å². The van der Waals surface area contributed by atoms with Crippen molar-refractivity contribution in [1.29, 1.82) is 5.26 Å². The fourth-order valence-corrected chi connectivity index (χ4v) is 3.30. The number of hydrogen-bond acceptors (Lipinski definition) is 4. The van der Waals surface area contributed by atoms with Crippen LogP contribution in [-0.4, -0.2) is 48.8 Å². The molecular formula is C14H23N3O. The lowest BCUT2D eigenvalue weighted by Crippen LogP contribution is -2.56. The van der Waals surface area contributed by atoms with Crippen LogP contribution in [0.15, 0.2) is 0 Å². The highest BCUT2D eigenvalue weighted by Crippen LogP contribution is 2.28. The topological polar surface area (TPSA) is 48.3 Å². The first-order valence-electron chi connectivity index (χ1n) is 7.38. The molecule has 0 radical (unpaired) electrons. The van der Waals surface area contributed by atoms with Crippen LogP contribution in [0.5, 0.6) is 0 Å². The van der Waals surface area contributed by atoms with Crippen LogP contribution in [0.2, 0.25) is 0 Å². The highest BCUT2D eigenvalue weighted by Gasteiger charge is 2.35. The van der Waals surface area contributed by atoms with E-state index in [0.29, 0.717) is 18.2 Å². The van der Waals surface area contributed by atoms with Crippen molar-refractivity contribution >= 4 is 0 Å². The first-order valence-corrected chi connectivity index (χ1v) is 7.38. The second-order valence-corrected chi connectivity index (χ2v) is 5.88. The molecule has 0 spiro atoms. The zero-order valence-electron chi connectivity index (χ0n) is 11.0. The molecule has 4 heteroatoms. The summed E-state index contributed by atoms with van der Waals surface area (Å²) in [6.07, 6.45) is 7.97. The molecule has 100 valence electrons. The van der Waals surface area contributed by atoms with Crippen LogP contribution in [0, 0.1) is 11.3 Å². The Kier molecular flexibility index (Phi) is 3.83. The molecule has 0 amide bonds. The number of nitrogens with zero attached hydrogens (tertiary/aromatic N) is 2. The van der Waals surface area contributed by atoms with Gasteiger partial charge in [0.15, 0.2) is 0 Å². The predicted octanol–water partition coefficient (Wildman–Crippen LogP) is 1.27. The zero-order valence-corrected chi connectivity index (χ0v) is 11.0. The fraction of sp³-hybridized carbons (Fsp3) is 0.929. The number of rotatable bonds is 4. The van der Waals surface area contributed by atoms with Crippen molar-refractivity contribution in [2.45, 2.75) is 62.8 Å². The molecule has 4 nitrogen and oxygen atoms in total. The molecule has 3 fully saturated rings. The predicted molar refractivity (Wildman–Crippen MR) is 69.1 cm³/mol. The molecule has 1 heterocycles. The molecule has 3 aliphatic rings. The lowest BCUT2D eigenvalue weighted by Gasteiger charge is -2.44. The zero-order chi connectivity index (χ0) is 12.4. The maximum atomic E-state index is 9.26. The van der Waals surface area contributed by atoms with Crippen LogP contribution < -0.4 is 5.32 Å². The third-order valence-corrected chi connectivity index (χ3v) is 4.43. The molecule has 18 heavy (non-hydrogen) atoms. The summed E-state index contributed by atoms with van der Waals surface area (Å²) in [5.41, 5.74) is 0. The third-order valence-electron chi connectivity index (χ3n) is 4.43. The minimum absolute atomic E-state index is 0.00169. The Morgan fingerprint density at radius 1 is 1.28 bits per heavy atom. The fourth-order valence-electron chi connectivity index (χ4n) is 3.30. The molecule has 0 aromatic carbocycles. The summed E-state index contributed by atoms with van der Waals surface area (Å²) >= 11 is 0. The van der Waals surface area contributed by atoms with Crippen LogP contribution in [0.25, 0.3) is 0 Å². The molecule has 1 aliphatic heterocycles. The first-order chi connectivity index (χ1) is 8.86. The quantitative estimate of drug-likeness (QED) is 0.815. The van der Waals surface area contributed by atoms with Crippen molar-refractivity contribution in [2.75, 3.05) is 19.7 Å². The SMILES string of the molecule is N#CC(CN1CCOC2CCCCC21)NC1CC1. The van der Waals surface area contributed by atoms with Gasteiger partial charge in [0, 0.05) is 25.2 Å². The van der Waals surface area contributed by atoms with E-state index in [2.05, 4.69) is 16.3 Å². The lowest BCUT2D eigenvalue weighted by atomic mass is 9.90. The van der Waals surface area contributed by atoms with E-state index in [-0.39, 0.29) is 6.04 Å². The van der Waals surface area contributed by atoms with Crippen LogP contribution in [0.4, 0.5) is 0 Å². The van der Waals surface area contributed by atoms with E-state index < -0.39 is 0 Å². The normalized spacial score (nSPS) is 34.6. The number of ether oxygens (including phenoxy) is 1. The molecule has 2 aliphatic carbocycles. The Hall–Kier alpha value is -0.630. The van der Waals surface area contributed by atoms with Crippen molar-refractivity contribution in [1.82, 2.24) is 10.2 Å². The summed E-state index contributed by atoms with van der Waals surface area (Å²) in [6, 6.07) is 3.59. The van der Waals surface area contributed by atoms with Crippen molar-refractivity contribution in [2.24, 2.45) is 0 Å². The van der Waals surface area contributed by atoms with Crippen molar-refractivity contribution in [3.05, 3.63) is 0 Å². The third kappa shape index (κ3) is 2.85. The number of nitriles is 1. The molecule has 0 aromatic heterocycles. The highest BCUT2D eigenvalue weighted by atomic mass is 16.5. The van der Waals surface area contributed by atoms with Crippen molar-refractivity contribution < 1.29 is 4.74 Å². The van der Waals surface area contributed by atoms with Crippen LogP contribution in [0.1, 0.15) is 38.5 Å². The summed E-state index contributed by atoms with van der Waals surface area (Å²) < 4.78 is 5.88. The van der Waals surface area contributed by atoms with E-state index >= 15 is 0 Å². The number of hydrogen-bond donors (Lipinski definition) is 1. The summed E-state index contributed by atoms with van der Waals surface area (Å²) in [6.45, 7) is 2.70. The van der Waals surface area contributed by atoms with Crippen molar-refractivity contribution in [3.8, 4) is 6.07 Å². The van der Waals surface area contributed by atoms with Crippen LogP contribution in [-0.2, 0) is 4.74 Å². The second kappa shape index (κ2) is 5.56. The standard InChI is InChI=1S/C14H23N3O/c15-9-12(16-11-5-6-11)10-17-7-8-18-14-4-2-1-3-13(14)17/h11-14,16H,1-8,10H2. The number of nitrogens with one attached hydrogen (secondary N) is 1. The summed E-state index contributed by atoms with van der Waals surface area (Å²) in [7, 11) is 0. The molecule has 3 rings (SSSR count). The van der Waals surface area contributed by atoms with Crippen LogP contribution >= 0.6 is 0 Å². The monoisotopic (exact) mass is 249 g/mol. The minimum Gasteiger partial charge on any atom is -0.375 e. The van der Waals surface area contributed by atoms with E-state index in [1.165, 1.54) is 38.5 Å². The first kappa shape index (κ1) is 12.4. The van der Waals surface area contributed by atoms with Gasteiger partial charge in [-0.3, -0.25) is 10.2 Å². The van der Waals surface area contributed by atoms with Gasteiger partial charge in [-0.15, -0.1) is 0 Å². The highest BCUT2D eigenvalue weighted by molar-refractivity contribution is 4.99. The number of morpholine rings is 1. The maximum Gasteiger partial charge on any atom is 0.108 e. The van der Waals surface area contributed by atoms with Crippen molar-refractivity contribution in [3.63, 3.8) is 0 Å². The Balaban J connectivity index is 1.57. The molecule has 1 N–H and O–H groups in total. The molecule has 0 aromatic rings. The minimum atomic E-state index is -0.00169. The van der Waals surface area contributed by atoms with Crippen LogP contribution in [0.3, 0.4) is 0 Å². The maximum absolute atomic E-state index is 9.26. The largest absolute Gasteiger partial charge is 0.375 e. The molecule has 3 unspecified atom stereocenters. The summed E-state index contributed by atoms with van der Waals surface area (Å²) in [5, 5.41) is 12.7. The summed E-state index contributed by atoms with van der Waals surface area (Å²) in [4.78, 5) is 2.50. The molecule has 0 bridgehead atoms. The second-order valence-electron chi connectivity index (χ2n) is 5.88. The van der Waals surface area contributed by atoms with Gasteiger partial charge in [0.05, 0.1) is 18.8 Å².